The van der Waals surface area contributed by atoms with Crippen molar-refractivity contribution in [2.75, 3.05) is 13.2 Å². The van der Waals surface area contributed by atoms with Crippen molar-refractivity contribution >= 4 is 11.6 Å². The lowest BCUT2D eigenvalue weighted by Crippen LogP contribution is -2.50. The molecule has 0 aromatic rings. The number of unbranched alkanes of at least 4 members (excludes halogenated alkanes) is 18. The molecule has 0 aliphatic carbocycles. The largest absolute Gasteiger partial charge is 0.396 e. The predicted molar refractivity (Wildman–Crippen MR) is 141 cm³/mol. The molecule has 0 aromatic heterocycles. The summed E-state index contributed by atoms with van der Waals surface area (Å²) in [6, 6.07) is 0. The molecule has 0 spiro atoms. The van der Waals surface area contributed by atoms with Gasteiger partial charge in [0.25, 0.3) is 0 Å². The van der Waals surface area contributed by atoms with Crippen LogP contribution in [0.4, 0.5) is 0 Å². The smallest absolute Gasteiger partial charge is 0.229 e. The Hall–Kier alpha value is -0.900. The van der Waals surface area contributed by atoms with Gasteiger partial charge in [0.1, 0.15) is 24.4 Å². The van der Waals surface area contributed by atoms with E-state index in [4.69, 9.17) is 10.2 Å². The SMILES string of the molecule is O=C(CCCCCCCCCCCCCCCCCCCCCO)C(=O)[C@H](O)[C@@H](O)[C@H](O)[C@H](O)CO. The summed E-state index contributed by atoms with van der Waals surface area (Å²) < 4.78 is 0. The van der Waals surface area contributed by atoms with E-state index in [2.05, 4.69) is 0 Å². The van der Waals surface area contributed by atoms with Gasteiger partial charge in [0.2, 0.25) is 11.6 Å². The Labute approximate surface area is 218 Å². The molecule has 0 aliphatic rings. The normalized spacial score (nSPS) is 14.9. The molecule has 0 unspecified atom stereocenters. The van der Waals surface area contributed by atoms with Crippen LogP contribution in [0.25, 0.3) is 0 Å². The van der Waals surface area contributed by atoms with E-state index in [1.807, 2.05) is 0 Å². The highest BCUT2D eigenvalue weighted by Crippen LogP contribution is 2.15. The number of hydrogen-bond donors (Lipinski definition) is 6. The van der Waals surface area contributed by atoms with Crippen molar-refractivity contribution in [3.63, 3.8) is 0 Å². The number of carbonyl (C=O) groups excluding carboxylic acids is 2. The molecule has 0 rings (SSSR count). The van der Waals surface area contributed by atoms with Crippen molar-refractivity contribution in [1.82, 2.24) is 0 Å². The Bertz CT molecular complexity index is 528. The van der Waals surface area contributed by atoms with E-state index in [1.165, 1.54) is 83.5 Å². The van der Waals surface area contributed by atoms with Crippen molar-refractivity contribution in [1.29, 1.82) is 0 Å². The number of rotatable bonds is 27. The maximum Gasteiger partial charge on any atom is 0.229 e. The van der Waals surface area contributed by atoms with E-state index in [0.717, 1.165) is 32.1 Å². The van der Waals surface area contributed by atoms with Crippen LogP contribution in [-0.4, -0.2) is 79.8 Å². The summed E-state index contributed by atoms with van der Waals surface area (Å²) in [7, 11) is 0. The number of Topliss-reactive ketones (excluding diaryl/α,β-unsaturated/α-hetero) is 2. The van der Waals surface area contributed by atoms with Gasteiger partial charge in [0.05, 0.1) is 6.61 Å². The third-order valence-electron chi connectivity index (χ3n) is 6.86. The Morgan fingerprint density at radius 3 is 1.14 bits per heavy atom. The second-order valence-electron chi connectivity index (χ2n) is 10.2. The number of hydrogen-bond acceptors (Lipinski definition) is 8. The predicted octanol–water partition coefficient (Wildman–Crippen LogP) is 3.35. The minimum Gasteiger partial charge on any atom is -0.396 e. The van der Waals surface area contributed by atoms with Crippen LogP contribution in [0.15, 0.2) is 0 Å². The standard InChI is InChI=1S/C28H54O8/c29-21-19-17-15-13-11-9-7-5-3-1-2-4-6-8-10-12-14-16-18-20-23(31)25(33)27(35)28(36)26(34)24(32)22-30/h24,26-30,32,34-36H,1-22H2/t24-,26-,27+,28+/m1/s1. The van der Waals surface area contributed by atoms with Crippen LogP contribution in [-0.2, 0) is 9.59 Å². The van der Waals surface area contributed by atoms with Gasteiger partial charge in [-0.25, -0.2) is 0 Å². The molecule has 0 fully saturated rings. The summed E-state index contributed by atoms with van der Waals surface area (Å²) in [5.74, 6) is -1.99. The first-order chi connectivity index (χ1) is 17.4. The monoisotopic (exact) mass is 518 g/mol. The fraction of sp³-hybridized carbons (Fsp3) is 0.929. The molecule has 0 heterocycles. The molecule has 0 saturated heterocycles. The number of aliphatic hydroxyl groups excluding tert-OH is 6. The summed E-state index contributed by atoms with van der Waals surface area (Å²) in [5.41, 5.74) is 0. The molecular weight excluding hydrogens is 464 g/mol. The Morgan fingerprint density at radius 2 is 0.806 bits per heavy atom. The molecule has 8 nitrogen and oxygen atoms in total. The highest BCUT2D eigenvalue weighted by atomic mass is 16.4. The lowest BCUT2D eigenvalue weighted by atomic mass is 9.96. The minimum atomic E-state index is -2.12. The molecular formula is C28H54O8. The average Bonchev–Trinajstić information content (AvgIpc) is 2.89. The average molecular weight is 519 g/mol. The lowest BCUT2D eigenvalue weighted by Gasteiger charge is -2.24. The summed E-state index contributed by atoms with van der Waals surface area (Å²) >= 11 is 0. The van der Waals surface area contributed by atoms with Crippen molar-refractivity contribution in [2.24, 2.45) is 0 Å². The summed E-state index contributed by atoms with van der Waals surface area (Å²) in [6.07, 6.45) is 14.6. The first kappa shape index (κ1) is 35.1. The van der Waals surface area contributed by atoms with E-state index in [9.17, 15) is 30.0 Å². The molecule has 4 atom stereocenters. The van der Waals surface area contributed by atoms with Gasteiger partial charge < -0.3 is 30.6 Å². The molecule has 0 aliphatic heterocycles. The highest BCUT2D eigenvalue weighted by molar-refractivity contribution is 6.38. The van der Waals surface area contributed by atoms with Crippen LogP contribution >= 0.6 is 0 Å². The van der Waals surface area contributed by atoms with Gasteiger partial charge >= 0.3 is 0 Å². The van der Waals surface area contributed by atoms with Crippen molar-refractivity contribution < 1.29 is 40.2 Å². The van der Waals surface area contributed by atoms with Crippen molar-refractivity contribution in [3.05, 3.63) is 0 Å². The van der Waals surface area contributed by atoms with Gasteiger partial charge in [0, 0.05) is 13.0 Å². The van der Waals surface area contributed by atoms with E-state index in [0.29, 0.717) is 13.0 Å². The summed E-state index contributed by atoms with van der Waals surface area (Å²) in [5, 5.41) is 55.8. The zero-order valence-corrected chi connectivity index (χ0v) is 22.4. The topological polar surface area (TPSA) is 156 Å². The van der Waals surface area contributed by atoms with Gasteiger partial charge in [-0.15, -0.1) is 0 Å². The quantitative estimate of drug-likeness (QED) is 0.0714. The van der Waals surface area contributed by atoms with Crippen LogP contribution in [0.3, 0.4) is 0 Å². The third kappa shape index (κ3) is 18.4. The molecule has 214 valence electrons. The molecule has 0 amide bonds. The zero-order valence-electron chi connectivity index (χ0n) is 22.4. The maximum atomic E-state index is 11.9. The van der Waals surface area contributed by atoms with E-state index < -0.39 is 42.6 Å². The molecule has 0 bridgehead atoms. The van der Waals surface area contributed by atoms with Gasteiger partial charge in [-0.05, 0) is 12.8 Å². The number of carbonyl (C=O) groups is 2. The van der Waals surface area contributed by atoms with Crippen LogP contribution in [0.1, 0.15) is 128 Å². The molecule has 0 aromatic carbocycles. The lowest BCUT2D eigenvalue weighted by molar-refractivity contribution is -0.154. The maximum absolute atomic E-state index is 11.9. The van der Waals surface area contributed by atoms with Gasteiger partial charge in [-0.1, -0.05) is 109 Å². The fourth-order valence-electron chi connectivity index (χ4n) is 4.37. The highest BCUT2D eigenvalue weighted by Gasteiger charge is 2.36. The molecule has 36 heavy (non-hydrogen) atoms. The molecule has 6 N–H and O–H groups in total. The first-order valence-electron chi connectivity index (χ1n) is 14.4. The van der Waals surface area contributed by atoms with Gasteiger partial charge in [0.15, 0.2) is 0 Å². The van der Waals surface area contributed by atoms with Crippen LogP contribution in [0.2, 0.25) is 0 Å². The van der Waals surface area contributed by atoms with Crippen LogP contribution in [0, 0.1) is 0 Å². The number of ketones is 2. The molecule has 8 heteroatoms. The first-order valence-corrected chi connectivity index (χ1v) is 14.4. The number of aliphatic hydroxyl groups is 6. The van der Waals surface area contributed by atoms with E-state index in [-0.39, 0.29) is 6.42 Å². The van der Waals surface area contributed by atoms with Crippen LogP contribution < -0.4 is 0 Å². The van der Waals surface area contributed by atoms with Crippen molar-refractivity contribution in [2.45, 2.75) is 153 Å². The Balaban J connectivity index is 3.50. The minimum absolute atomic E-state index is 0.0219. The summed E-state index contributed by atoms with van der Waals surface area (Å²) in [6.45, 7) is -0.521. The fourth-order valence-corrected chi connectivity index (χ4v) is 4.37. The second kappa shape index (κ2) is 24.4. The Kier molecular flexibility index (Phi) is 23.8. The molecule has 0 saturated carbocycles. The third-order valence-corrected chi connectivity index (χ3v) is 6.86. The van der Waals surface area contributed by atoms with Crippen LogP contribution in [0.5, 0.6) is 0 Å². The van der Waals surface area contributed by atoms with Gasteiger partial charge in [-0.3, -0.25) is 9.59 Å². The van der Waals surface area contributed by atoms with Gasteiger partial charge in [-0.2, -0.15) is 0 Å². The Morgan fingerprint density at radius 1 is 0.472 bits per heavy atom. The zero-order chi connectivity index (χ0) is 27.0. The van der Waals surface area contributed by atoms with Crippen molar-refractivity contribution in [3.8, 4) is 0 Å². The van der Waals surface area contributed by atoms with E-state index in [1.54, 1.807) is 0 Å². The second-order valence-corrected chi connectivity index (χ2v) is 10.2. The van der Waals surface area contributed by atoms with E-state index >= 15 is 0 Å². The molecule has 0 radical (unpaired) electrons. The summed E-state index contributed by atoms with van der Waals surface area (Å²) in [4.78, 5) is 23.8.